The van der Waals surface area contributed by atoms with Gasteiger partial charge in [0, 0.05) is 36.8 Å². The minimum absolute atomic E-state index is 0.0524. The fourth-order valence-electron chi connectivity index (χ4n) is 3.48. The van der Waals surface area contributed by atoms with E-state index in [0.717, 1.165) is 0 Å². The lowest BCUT2D eigenvalue weighted by atomic mass is 9.69. The van der Waals surface area contributed by atoms with Gasteiger partial charge in [0.25, 0.3) is 0 Å². The monoisotopic (exact) mass is 330 g/mol. The molecule has 0 saturated carbocycles. The Bertz CT molecular complexity index is 761. The number of methoxy groups -OCH3 is 2. The van der Waals surface area contributed by atoms with E-state index in [9.17, 15) is 14.4 Å². The summed E-state index contributed by atoms with van der Waals surface area (Å²) in [5.41, 5.74) is 1.06. The van der Waals surface area contributed by atoms with E-state index < -0.39 is 5.97 Å². The van der Waals surface area contributed by atoms with Gasteiger partial charge >= 0.3 is 5.97 Å². The molecule has 6 nitrogen and oxygen atoms in total. The van der Waals surface area contributed by atoms with Crippen molar-refractivity contribution in [2.24, 2.45) is 5.92 Å². The van der Waals surface area contributed by atoms with Gasteiger partial charge in [-0.3, -0.25) is 14.4 Å². The number of carbonyl (C=O) groups excluding carboxylic acids is 3. The third-order valence-electron chi connectivity index (χ3n) is 4.50. The molecule has 0 fully saturated rings. The number of hydrogen-bond acceptors (Lipinski definition) is 6. The number of benzene rings is 1. The van der Waals surface area contributed by atoms with Gasteiger partial charge in [-0.1, -0.05) is 0 Å². The lowest BCUT2D eigenvalue weighted by molar-refractivity contribution is -0.132. The molecule has 6 heteroatoms. The predicted molar refractivity (Wildman–Crippen MR) is 84.2 cm³/mol. The highest BCUT2D eigenvalue weighted by molar-refractivity contribution is 6.03. The first kappa shape index (κ1) is 16.2. The number of ether oxygens (including phenoxy) is 3. The molecule has 2 aliphatic carbocycles. The molecule has 0 spiro atoms. The Balaban J connectivity index is 2.19. The van der Waals surface area contributed by atoms with Crippen molar-refractivity contribution in [3.8, 4) is 11.5 Å². The maximum atomic E-state index is 12.5. The van der Waals surface area contributed by atoms with Crippen LogP contribution in [0.2, 0.25) is 0 Å². The molecule has 1 aromatic rings. The molecule has 0 bridgehead atoms. The highest BCUT2D eigenvalue weighted by atomic mass is 16.6. The van der Waals surface area contributed by atoms with Crippen LogP contribution in [0, 0.1) is 5.92 Å². The van der Waals surface area contributed by atoms with Crippen LogP contribution >= 0.6 is 0 Å². The van der Waals surface area contributed by atoms with Crippen molar-refractivity contribution in [2.45, 2.75) is 25.7 Å². The Kier molecular flexibility index (Phi) is 4.13. The summed E-state index contributed by atoms with van der Waals surface area (Å²) in [6.07, 6.45) is 2.20. The molecule has 2 atom stereocenters. The van der Waals surface area contributed by atoms with Gasteiger partial charge in [0.1, 0.15) is 0 Å². The number of hydrogen-bond donors (Lipinski definition) is 0. The van der Waals surface area contributed by atoms with E-state index in [1.54, 1.807) is 18.2 Å². The summed E-state index contributed by atoms with van der Waals surface area (Å²) >= 11 is 0. The van der Waals surface area contributed by atoms with Gasteiger partial charge in [0.15, 0.2) is 28.8 Å². The van der Waals surface area contributed by atoms with E-state index in [0.29, 0.717) is 23.3 Å². The van der Waals surface area contributed by atoms with Gasteiger partial charge in [-0.15, -0.1) is 0 Å². The molecule has 0 aromatic heterocycles. The van der Waals surface area contributed by atoms with E-state index in [1.165, 1.54) is 21.1 Å². The first-order valence-electron chi connectivity index (χ1n) is 7.67. The molecule has 2 unspecified atom stereocenters. The van der Waals surface area contributed by atoms with Crippen LogP contribution in [0.4, 0.5) is 0 Å². The molecule has 3 rings (SSSR count). The zero-order valence-electron chi connectivity index (χ0n) is 13.8. The summed E-state index contributed by atoms with van der Waals surface area (Å²) in [4.78, 5) is 36.3. The van der Waals surface area contributed by atoms with Crippen LogP contribution in [-0.2, 0) is 14.3 Å². The van der Waals surface area contributed by atoms with Crippen LogP contribution in [0.25, 0.3) is 0 Å². The van der Waals surface area contributed by atoms with Crippen molar-refractivity contribution < 1.29 is 28.6 Å². The smallest absolute Gasteiger partial charge is 0.308 e. The fourth-order valence-corrected chi connectivity index (χ4v) is 3.48. The quantitative estimate of drug-likeness (QED) is 0.625. The minimum Gasteiger partial charge on any atom is -0.493 e. The second kappa shape index (κ2) is 6.11. The number of ketones is 2. The Morgan fingerprint density at radius 3 is 2.46 bits per heavy atom. The molecule has 0 saturated heterocycles. The Morgan fingerprint density at radius 1 is 1.08 bits per heavy atom. The van der Waals surface area contributed by atoms with Crippen LogP contribution in [0.1, 0.15) is 41.6 Å². The topological polar surface area (TPSA) is 78.9 Å². The maximum absolute atomic E-state index is 12.5. The molecular formula is C18H18O6. The zero-order valence-corrected chi connectivity index (χ0v) is 13.8. The molecular weight excluding hydrogens is 312 g/mol. The number of allylic oxidation sites excluding steroid dienone is 2. The summed E-state index contributed by atoms with van der Waals surface area (Å²) in [5, 5.41) is 0. The molecule has 0 heterocycles. The Labute approximate surface area is 139 Å². The highest BCUT2D eigenvalue weighted by Gasteiger charge is 2.41. The third kappa shape index (κ3) is 2.58. The second-order valence-corrected chi connectivity index (χ2v) is 5.91. The van der Waals surface area contributed by atoms with Gasteiger partial charge in [0.05, 0.1) is 14.2 Å². The van der Waals surface area contributed by atoms with Crippen LogP contribution < -0.4 is 9.47 Å². The third-order valence-corrected chi connectivity index (χ3v) is 4.50. The minimum atomic E-state index is -0.508. The molecule has 126 valence electrons. The average Bonchev–Trinajstić information content (AvgIpc) is 2.54. The Hall–Kier alpha value is -2.63. The van der Waals surface area contributed by atoms with Crippen LogP contribution in [0.3, 0.4) is 0 Å². The number of rotatable bonds is 3. The van der Waals surface area contributed by atoms with Gasteiger partial charge in [-0.25, -0.2) is 0 Å². The van der Waals surface area contributed by atoms with Gasteiger partial charge in [0.2, 0.25) is 0 Å². The van der Waals surface area contributed by atoms with E-state index in [-0.39, 0.29) is 41.3 Å². The van der Waals surface area contributed by atoms with E-state index >= 15 is 0 Å². The van der Waals surface area contributed by atoms with Gasteiger partial charge in [-0.05, 0) is 24.1 Å². The molecule has 0 aliphatic heterocycles. The molecule has 24 heavy (non-hydrogen) atoms. The number of esters is 1. The van der Waals surface area contributed by atoms with Crippen molar-refractivity contribution in [1.29, 1.82) is 0 Å². The van der Waals surface area contributed by atoms with E-state index in [1.807, 2.05) is 0 Å². The highest BCUT2D eigenvalue weighted by Crippen LogP contribution is 2.49. The molecule has 0 amide bonds. The van der Waals surface area contributed by atoms with Gasteiger partial charge < -0.3 is 14.2 Å². The molecule has 0 radical (unpaired) electrons. The summed E-state index contributed by atoms with van der Waals surface area (Å²) in [5.74, 6) is -0.221. The Morgan fingerprint density at radius 2 is 1.83 bits per heavy atom. The van der Waals surface area contributed by atoms with Crippen molar-refractivity contribution in [2.75, 3.05) is 14.2 Å². The van der Waals surface area contributed by atoms with Crippen molar-refractivity contribution in [3.63, 3.8) is 0 Å². The first-order chi connectivity index (χ1) is 11.5. The molecule has 2 aliphatic rings. The molecule has 1 aromatic carbocycles. The van der Waals surface area contributed by atoms with Crippen LogP contribution in [0.5, 0.6) is 11.5 Å². The largest absolute Gasteiger partial charge is 0.493 e. The number of Topliss-reactive ketones (excluding diaryl/α,β-unsaturated/α-hetero) is 2. The predicted octanol–water partition coefficient (Wildman–Crippen LogP) is 2.41. The van der Waals surface area contributed by atoms with Crippen molar-refractivity contribution >= 4 is 17.5 Å². The van der Waals surface area contributed by atoms with Crippen molar-refractivity contribution in [3.05, 3.63) is 35.1 Å². The summed E-state index contributed by atoms with van der Waals surface area (Å²) in [7, 11) is 2.90. The zero-order chi connectivity index (χ0) is 17.4. The van der Waals surface area contributed by atoms with Crippen molar-refractivity contribution in [1.82, 2.24) is 0 Å². The summed E-state index contributed by atoms with van der Waals surface area (Å²) in [6.45, 7) is 1.29. The molecule has 0 N–H and O–H groups in total. The normalized spacial score (nSPS) is 22.2. The van der Waals surface area contributed by atoms with Crippen LogP contribution in [-0.4, -0.2) is 31.8 Å². The van der Waals surface area contributed by atoms with Crippen LogP contribution in [0.15, 0.2) is 24.0 Å². The fraction of sp³-hybridized carbons (Fsp3) is 0.389. The maximum Gasteiger partial charge on any atom is 0.308 e. The standard InChI is InChI=1S/C18H18O6/c1-9(19)24-18-15(22-2)5-4-11-13(20)6-10-7-16(23-3)14(21)8-12(10)17(11)18/h4-5,7,10,12H,6,8H2,1-3H3. The summed E-state index contributed by atoms with van der Waals surface area (Å²) < 4.78 is 15.7. The van der Waals surface area contributed by atoms with E-state index in [4.69, 9.17) is 14.2 Å². The average molecular weight is 330 g/mol. The second-order valence-electron chi connectivity index (χ2n) is 5.91. The lowest BCUT2D eigenvalue weighted by Gasteiger charge is -2.35. The summed E-state index contributed by atoms with van der Waals surface area (Å²) in [6, 6.07) is 3.27. The van der Waals surface area contributed by atoms with Gasteiger partial charge in [-0.2, -0.15) is 0 Å². The first-order valence-corrected chi connectivity index (χ1v) is 7.67. The number of fused-ring (bicyclic) bond motifs is 3. The number of carbonyl (C=O) groups is 3. The van der Waals surface area contributed by atoms with E-state index in [2.05, 4.69) is 0 Å². The SMILES string of the molecule is COC1=CC2CC(=O)c3ccc(OC)c(OC(C)=O)c3C2CC1=O. The lowest BCUT2D eigenvalue weighted by Crippen LogP contribution is -2.31.